The van der Waals surface area contributed by atoms with Crippen molar-refractivity contribution in [2.75, 3.05) is 11.9 Å². The molecule has 0 amide bonds. The quantitative estimate of drug-likeness (QED) is 0.686. The molecular formula is C20H22N4O3. The Labute approximate surface area is 157 Å². The Balaban J connectivity index is 1.78. The van der Waals surface area contributed by atoms with Gasteiger partial charge in [-0.15, -0.1) is 0 Å². The van der Waals surface area contributed by atoms with Gasteiger partial charge in [-0.1, -0.05) is 36.3 Å². The maximum atomic E-state index is 12.2. The van der Waals surface area contributed by atoms with Crippen LogP contribution in [0.25, 0.3) is 11.1 Å². The van der Waals surface area contributed by atoms with Gasteiger partial charge >= 0.3 is 5.97 Å². The van der Waals surface area contributed by atoms with Gasteiger partial charge in [0.2, 0.25) is 5.82 Å². The molecule has 7 nitrogen and oxygen atoms in total. The second-order valence-electron chi connectivity index (χ2n) is 6.57. The number of carbonyl (C=O) groups is 1. The first kappa shape index (κ1) is 17.5. The third kappa shape index (κ3) is 3.25. The number of carbonyl (C=O) groups excluding carboxylic acids is 1. The highest BCUT2D eigenvalue weighted by Gasteiger charge is 2.25. The van der Waals surface area contributed by atoms with Crippen molar-refractivity contribution in [3.8, 4) is 0 Å². The predicted octanol–water partition coefficient (Wildman–Crippen LogP) is 3.85. The second-order valence-corrected chi connectivity index (χ2v) is 6.57. The minimum absolute atomic E-state index is 0.0188. The van der Waals surface area contributed by atoms with Gasteiger partial charge in [-0.2, -0.15) is 4.98 Å². The number of fused-ring (bicyclic) bond motifs is 2. The smallest absolute Gasteiger partial charge is 0.376 e. The third-order valence-corrected chi connectivity index (χ3v) is 4.88. The van der Waals surface area contributed by atoms with Gasteiger partial charge in [0, 0.05) is 0 Å². The summed E-state index contributed by atoms with van der Waals surface area (Å²) in [5, 5.41) is 8.34. The van der Waals surface area contributed by atoms with Crippen LogP contribution in [0.4, 0.5) is 5.82 Å². The van der Waals surface area contributed by atoms with E-state index < -0.39 is 5.97 Å². The molecule has 1 N–H and O–H groups in total. The van der Waals surface area contributed by atoms with Crippen molar-refractivity contribution in [3.63, 3.8) is 0 Å². The fraction of sp³-hybridized carbons (Fsp3) is 0.400. The largest absolute Gasteiger partial charge is 0.460 e. The van der Waals surface area contributed by atoms with E-state index in [0.717, 1.165) is 30.3 Å². The fourth-order valence-electron chi connectivity index (χ4n) is 3.61. The van der Waals surface area contributed by atoms with Crippen molar-refractivity contribution in [1.82, 2.24) is 15.1 Å². The Bertz CT molecular complexity index is 983. The Morgan fingerprint density at radius 1 is 1.30 bits per heavy atom. The van der Waals surface area contributed by atoms with E-state index in [-0.39, 0.29) is 18.5 Å². The first-order chi connectivity index (χ1) is 13.2. The van der Waals surface area contributed by atoms with Crippen LogP contribution in [0.5, 0.6) is 0 Å². The standard InChI is InChI=1S/C20H22N4O3/c1-3-14-16-17(21-15-11-7-9-12-8-5-6-10-13(12)15)22-18(20(25)26-4-2)23-19(16)27-24-14/h5-6,8,10,15H,3-4,7,9,11H2,1-2H3,(H,21,22,23)/t15-/m1/s1. The number of benzene rings is 1. The molecule has 1 aromatic carbocycles. The monoisotopic (exact) mass is 366 g/mol. The highest BCUT2D eigenvalue weighted by atomic mass is 16.5. The Kier molecular flexibility index (Phi) is 4.75. The summed E-state index contributed by atoms with van der Waals surface area (Å²) >= 11 is 0. The zero-order valence-corrected chi connectivity index (χ0v) is 15.5. The summed E-state index contributed by atoms with van der Waals surface area (Å²) in [4.78, 5) is 20.8. The van der Waals surface area contributed by atoms with Crippen LogP contribution < -0.4 is 5.32 Å². The number of ether oxygens (including phenoxy) is 1. The number of hydrogen-bond donors (Lipinski definition) is 1. The maximum Gasteiger partial charge on any atom is 0.376 e. The van der Waals surface area contributed by atoms with E-state index in [1.54, 1.807) is 6.92 Å². The lowest BCUT2D eigenvalue weighted by atomic mass is 9.88. The van der Waals surface area contributed by atoms with Gasteiger partial charge in [0.15, 0.2) is 0 Å². The van der Waals surface area contributed by atoms with Crippen LogP contribution in [-0.4, -0.2) is 27.7 Å². The molecule has 1 atom stereocenters. The van der Waals surface area contributed by atoms with Gasteiger partial charge in [-0.05, 0) is 43.7 Å². The molecular weight excluding hydrogens is 344 g/mol. The molecule has 1 aliphatic carbocycles. The summed E-state index contributed by atoms with van der Waals surface area (Å²) < 4.78 is 10.4. The average Bonchev–Trinajstić information content (AvgIpc) is 3.12. The van der Waals surface area contributed by atoms with Gasteiger partial charge in [-0.3, -0.25) is 0 Å². The zero-order chi connectivity index (χ0) is 18.8. The summed E-state index contributed by atoms with van der Waals surface area (Å²) in [6.45, 7) is 4.00. The van der Waals surface area contributed by atoms with Crippen LogP contribution in [0.1, 0.15) is 60.2 Å². The lowest BCUT2D eigenvalue weighted by Gasteiger charge is -2.27. The van der Waals surface area contributed by atoms with E-state index in [1.165, 1.54) is 11.1 Å². The highest BCUT2D eigenvalue weighted by Crippen LogP contribution is 2.34. The number of anilines is 1. The van der Waals surface area contributed by atoms with Crippen LogP contribution in [-0.2, 0) is 17.6 Å². The van der Waals surface area contributed by atoms with Gasteiger partial charge in [-0.25, -0.2) is 9.78 Å². The van der Waals surface area contributed by atoms with E-state index in [2.05, 4.69) is 44.7 Å². The summed E-state index contributed by atoms with van der Waals surface area (Å²) in [7, 11) is 0. The molecule has 0 unspecified atom stereocenters. The van der Waals surface area contributed by atoms with Crippen molar-refractivity contribution in [3.05, 3.63) is 46.9 Å². The first-order valence-corrected chi connectivity index (χ1v) is 9.39. The fourth-order valence-corrected chi connectivity index (χ4v) is 3.61. The van der Waals surface area contributed by atoms with E-state index in [1.807, 2.05) is 6.92 Å². The number of hydrogen-bond acceptors (Lipinski definition) is 7. The normalized spacial score (nSPS) is 16.1. The molecule has 0 bridgehead atoms. The molecule has 27 heavy (non-hydrogen) atoms. The van der Waals surface area contributed by atoms with Crippen LogP contribution in [0.2, 0.25) is 0 Å². The average molecular weight is 366 g/mol. The first-order valence-electron chi connectivity index (χ1n) is 9.39. The predicted molar refractivity (Wildman–Crippen MR) is 101 cm³/mol. The molecule has 7 heteroatoms. The Hall–Kier alpha value is -2.96. The molecule has 0 saturated heterocycles. The molecule has 0 radical (unpaired) electrons. The number of nitrogens with one attached hydrogen (secondary N) is 1. The van der Waals surface area contributed by atoms with Crippen molar-refractivity contribution in [1.29, 1.82) is 0 Å². The molecule has 2 heterocycles. The Morgan fingerprint density at radius 2 is 2.15 bits per heavy atom. The van der Waals surface area contributed by atoms with Crippen molar-refractivity contribution >= 4 is 22.9 Å². The summed E-state index contributed by atoms with van der Waals surface area (Å²) in [6.07, 6.45) is 3.85. The molecule has 1 aliphatic rings. The number of nitrogens with zero attached hydrogens (tertiary/aromatic N) is 3. The van der Waals surface area contributed by atoms with Crippen LogP contribution in [0.15, 0.2) is 28.8 Å². The number of aromatic nitrogens is 3. The summed E-state index contributed by atoms with van der Waals surface area (Å²) in [5.74, 6) is -0.0152. The molecule has 4 rings (SSSR count). The molecule has 140 valence electrons. The minimum atomic E-state index is -0.569. The minimum Gasteiger partial charge on any atom is -0.460 e. The van der Waals surface area contributed by atoms with Crippen molar-refractivity contribution in [2.45, 2.75) is 45.6 Å². The van der Waals surface area contributed by atoms with Crippen molar-refractivity contribution in [2.24, 2.45) is 0 Å². The van der Waals surface area contributed by atoms with Gasteiger partial charge in [0.25, 0.3) is 5.71 Å². The third-order valence-electron chi connectivity index (χ3n) is 4.88. The number of aryl methyl sites for hydroxylation is 2. The topological polar surface area (TPSA) is 90.1 Å². The molecule has 0 saturated carbocycles. The number of rotatable bonds is 5. The lowest BCUT2D eigenvalue weighted by Crippen LogP contribution is -2.19. The second kappa shape index (κ2) is 7.34. The van der Waals surface area contributed by atoms with Crippen LogP contribution in [0.3, 0.4) is 0 Å². The van der Waals surface area contributed by atoms with Crippen LogP contribution >= 0.6 is 0 Å². The van der Waals surface area contributed by atoms with Gasteiger partial charge < -0.3 is 14.6 Å². The molecule has 0 fully saturated rings. The van der Waals surface area contributed by atoms with Gasteiger partial charge in [0.1, 0.15) is 11.2 Å². The highest BCUT2D eigenvalue weighted by molar-refractivity contribution is 5.93. The van der Waals surface area contributed by atoms with E-state index in [0.29, 0.717) is 18.0 Å². The van der Waals surface area contributed by atoms with E-state index in [9.17, 15) is 4.79 Å². The molecule has 0 aliphatic heterocycles. The number of esters is 1. The molecule has 0 spiro atoms. The summed E-state index contributed by atoms with van der Waals surface area (Å²) in [5.41, 5.74) is 3.68. The van der Waals surface area contributed by atoms with Gasteiger partial charge in [0.05, 0.1) is 18.3 Å². The zero-order valence-electron chi connectivity index (χ0n) is 15.5. The molecule has 3 aromatic rings. The van der Waals surface area contributed by atoms with E-state index >= 15 is 0 Å². The molecule has 2 aromatic heterocycles. The lowest BCUT2D eigenvalue weighted by molar-refractivity contribution is 0.0512. The SMILES string of the molecule is CCOC(=O)c1nc(N[C@@H]2CCCc3ccccc32)c2c(CC)noc2n1. The summed E-state index contributed by atoms with van der Waals surface area (Å²) in [6, 6.07) is 8.54. The Morgan fingerprint density at radius 3 is 2.96 bits per heavy atom. The van der Waals surface area contributed by atoms with Crippen LogP contribution in [0, 0.1) is 0 Å². The van der Waals surface area contributed by atoms with Crippen molar-refractivity contribution < 1.29 is 14.1 Å². The maximum absolute atomic E-state index is 12.2. The van der Waals surface area contributed by atoms with E-state index in [4.69, 9.17) is 9.26 Å².